The van der Waals surface area contributed by atoms with Crippen LogP contribution in [0, 0.1) is 11.6 Å². The Hall–Kier alpha value is -3.80. The topological polar surface area (TPSA) is 111 Å². The van der Waals surface area contributed by atoms with Gasteiger partial charge in [-0.3, -0.25) is 9.62 Å². The van der Waals surface area contributed by atoms with Crippen molar-refractivity contribution < 1.29 is 31.5 Å². The number of aromatic nitrogens is 2. The van der Waals surface area contributed by atoms with Crippen LogP contribution < -0.4 is 14.2 Å². The number of benzene rings is 2. The smallest absolute Gasteiger partial charge is 0.416 e. The maximum absolute atomic E-state index is 15.1. The summed E-state index contributed by atoms with van der Waals surface area (Å²) >= 11 is 0. The molecule has 2 aromatic carbocycles. The molecular formula is C23H20F2N4O5S. The van der Waals surface area contributed by atoms with Crippen molar-refractivity contribution in [3.63, 3.8) is 0 Å². The third-order valence-electron chi connectivity index (χ3n) is 5.79. The highest BCUT2D eigenvalue weighted by Crippen LogP contribution is 2.41. The summed E-state index contributed by atoms with van der Waals surface area (Å²) in [6.07, 6.45) is 1.71. The van der Waals surface area contributed by atoms with Gasteiger partial charge >= 0.3 is 6.09 Å². The molecule has 2 aliphatic rings. The minimum absolute atomic E-state index is 0.0240. The zero-order chi connectivity index (χ0) is 24.7. The number of sulfonamides is 1. The Morgan fingerprint density at radius 1 is 1.20 bits per heavy atom. The second kappa shape index (κ2) is 8.77. The molecule has 1 aliphatic heterocycles. The van der Waals surface area contributed by atoms with E-state index in [0.29, 0.717) is 12.8 Å². The summed E-state index contributed by atoms with van der Waals surface area (Å²) < 4.78 is 67.7. The average molecular weight is 502 g/mol. The number of carbonyl (C=O) groups is 1. The molecule has 12 heteroatoms. The summed E-state index contributed by atoms with van der Waals surface area (Å²) in [4.78, 5) is 13.9. The molecule has 1 N–H and O–H groups in total. The third-order valence-corrected chi connectivity index (χ3v) is 7.64. The maximum atomic E-state index is 15.1. The number of carbonyl (C=O) groups excluding carboxylic acids is 1. The van der Waals surface area contributed by atoms with Gasteiger partial charge in [-0.15, -0.1) is 5.10 Å². The number of hydrogen-bond donors (Lipinski definition) is 1. The molecule has 1 amide bonds. The number of fused-ring (bicyclic) bond motifs is 1. The lowest BCUT2D eigenvalue weighted by atomic mass is 10.0. The molecule has 5 rings (SSSR count). The van der Waals surface area contributed by atoms with Gasteiger partial charge in [-0.05, 0) is 31.9 Å². The van der Waals surface area contributed by atoms with Crippen LogP contribution in [0.4, 0.5) is 19.3 Å². The normalized spacial score (nSPS) is 17.5. The van der Waals surface area contributed by atoms with E-state index in [1.807, 2.05) is 0 Å². The Balaban J connectivity index is 1.39. The van der Waals surface area contributed by atoms with Gasteiger partial charge in [-0.1, -0.05) is 12.1 Å². The van der Waals surface area contributed by atoms with Crippen LogP contribution in [0.25, 0.3) is 0 Å². The van der Waals surface area contributed by atoms with Crippen LogP contribution >= 0.6 is 0 Å². The van der Waals surface area contributed by atoms with Crippen molar-refractivity contribution in [3.8, 4) is 17.4 Å². The molecule has 1 aliphatic carbocycles. The highest BCUT2D eigenvalue weighted by molar-refractivity contribution is 7.93. The van der Waals surface area contributed by atoms with Gasteiger partial charge < -0.3 is 9.47 Å². The number of rotatable bonds is 7. The molecule has 3 aromatic rings. The summed E-state index contributed by atoms with van der Waals surface area (Å²) in [7, 11) is -3.67. The Kier molecular flexibility index (Phi) is 5.75. The van der Waals surface area contributed by atoms with Gasteiger partial charge in [0.05, 0.1) is 29.1 Å². The minimum Gasteiger partial charge on any atom is -0.437 e. The van der Waals surface area contributed by atoms with Gasteiger partial charge in [0.2, 0.25) is 15.9 Å². The van der Waals surface area contributed by atoms with E-state index in [9.17, 15) is 13.2 Å². The first kappa shape index (κ1) is 23.0. The first-order chi connectivity index (χ1) is 16.7. The molecule has 0 unspecified atom stereocenters. The molecule has 0 saturated heterocycles. The molecule has 1 aromatic heterocycles. The second-order valence-electron chi connectivity index (χ2n) is 8.28. The molecular weight excluding hydrogens is 482 g/mol. The van der Waals surface area contributed by atoms with Crippen LogP contribution in [0.15, 0.2) is 48.7 Å². The van der Waals surface area contributed by atoms with Crippen LogP contribution in [0.1, 0.15) is 36.9 Å². The fourth-order valence-electron chi connectivity index (χ4n) is 3.83. The maximum Gasteiger partial charge on any atom is 0.416 e. The predicted molar refractivity (Wildman–Crippen MR) is 120 cm³/mol. The van der Waals surface area contributed by atoms with E-state index in [2.05, 4.69) is 14.9 Å². The molecule has 1 fully saturated rings. The van der Waals surface area contributed by atoms with Crippen molar-refractivity contribution in [2.75, 3.05) is 4.72 Å². The summed E-state index contributed by atoms with van der Waals surface area (Å²) in [6, 6.07) is 9.05. The van der Waals surface area contributed by atoms with Crippen molar-refractivity contribution >= 4 is 21.8 Å². The average Bonchev–Trinajstić information content (AvgIpc) is 3.65. The number of hydrogen-bond acceptors (Lipinski definition) is 7. The number of halogens is 2. The van der Waals surface area contributed by atoms with Gasteiger partial charge in [0, 0.05) is 30.0 Å². The summed E-state index contributed by atoms with van der Waals surface area (Å²) in [5.74, 6) is -1.31. The van der Waals surface area contributed by atoms with Gasteiger partial charge in [0.25, 0.3) is 0 Å². The van der Waals surface area contributed by atoms with Gasteiger partial charge in [-0.25, -0.2) is 22.0 Å². The van der Waals surface area contributed by atoms with Crippen LogP contribution in [-0.2, 0) is 16.6 Å². The molecule has 182 valence electrons. The minimum atomic E-state index is -3.67. The first-order valence-corrected chi connectivity index (χ1v) is 12.3. The zero-order valence-electron chi connectivity index (χ0n) is 18.4. The Morgan fingerprint density at radius 2 is 2.00 bits per heavy atom. The highest BCUT2D eigenvalue weighted by Gasteiger charge is 2.37. The molecule has 0 radical (unpaired) electrons. The van der Waals surface area contributed by atoms with Crippen molar-refractivity contribution in [1.82, 2.24) is 15.1 Å². The fourth-order valence-corrected chi connectivity index (χ4v) is 5.22. The quantitative estimate of drug-likeness (QED) is 0.505. The third kappa shape index (κ3) is 4.61. The van der Waals surface area contributed by atoms with E-state index in [1.165, 1.54) is 36.5 Å². The number of nitrogens with one attached hydrogen (secondary N) is 1. The molecule has 0 bridgehead atoms. The number of nitrogens with zero attached hydrogens (tertiary/aromatic N) is 3. The lowest BCUT2D eigenvalue weighted by Crippen LogP contribution is -2.40. The van der Waals surface area contributed by atoms with E-state index in [0.717, 1.165) is 11.0 Å². The van der Waals surface area contributed by atoms with E-state index in [4.69, 9.17) is 9.47 Å². The van der Waals surface area contributed by atoms with E-state index in [-0.39, 0.29) is 40.7 Å². The first-order valence-electron chi connectivity index (χ1n) is 10.8. The van der Waals surface area contributed by atoms with Crippen molar-refractivity contribution in [2.45, 2.75) is 37.6 Å². The standard InChI is InChI=1S/C23H20F2N4O5S/c1-13-21-17(24)10-15(33-20-6-3-9-26-27-20)11-19(21)34-23(30)29(13)12-14-4-2-5-18(22(14)25)28-35(31,32)16-7-8-16/h2-6,9-11,13,16,28H,7-8,12H2,1H3/t13-/m0/s1. The lowest BCUT2D eigenvalue weighted by molar-refractivity contribution is 0.114. The Labute approximate surface area is 199 Å². The largest absolute Gasteiger partial charge is 0.437 e. The SMILES string of the molecule is C[C@H]1c2c(F)cc(Oc3cccnn3)cc2OC(=O)N1Cc1cccc(NS(=O)(=O)C2CC2)c1F. The zero-order valence-corrected chi connectivity index (χ0v) is 19.3. The van der Waals surface area contributed by atoms with Crippen LogP contribution in [0.3, 0.4) is 0 Å². The predicted octanol–water partition coefficient (Wildman–Crippen LogP) is 4.53. The van der Waals surface area contributed by atoms with Gasteiger partial charge in [-0.2, -0.15) is 5.10 Å². The van der Waals surface area contributed by atoms with Crippen LogP contribution in [0.5, 0.6) is 17.4 Å². The Bertz CT molecular complexity index is 1400. The Morgan fingerprint density at radius 3 is 2.71 bits per heavy atom. The van der Waals surface area contributed by atoms with Crippen molar-refractivity contribution in [1.29, 1.82) is 0 Å². The molecule has 9 nitrogen and oxygen atoms in total. The highest BCUT2D eigenvalue weighted by atomic mass is 32.2. The summed E-state index contributed by atoms with van der Waals surface area (Å²) in [6.45, 7) is 1.32. The lowest BCUT2D eigenvalue weighted by Gasteiger charge is -2.34. The van der Waals surface area contributed by atoms with Crippen molar-refractivity contribution in [2.24, 2.45) is 0 Å². The van der Waals surface area contributed by atoms with Crippen LogP contribution in [-0.4, -0.2) is 34.9 Å². The molecule has 2 heterocycles. The van der Waals surface area contributed by atoms with Gasteiger partial charge in [0.1, 0.15) is 17.3 Å². The summed E-state index contributed by atoms with van der Waals surface area (Å²) in [5, 5.41) is 6.92. The molecule has 1 atom stereocenters. The van der Waals surface area contributed by atoms with Gasteiger partial charge in [0.15, 0.2) is 5.82 Å². The molecule has 0 spiro atoms. The van der Waals surface area contributed by atoms with E-state index >= 15 is 8.78 Å². The fraction of sp³-hybridized carbons (Fsp3) is 0.261. The van der Waals surface area contributed by atoms with E-state index in [1.54, 1.807) is 13.0 Å². The number of anilines is 1. The van der Waals surface area contributed by atoms with Crippen LogP contribution in [0.2, 0.25) is 0 Å². The molecule has 35 heavy (non-hydrogen) atoms. The summed E-state index contributed by atoms with van der Waals surface area (Å²) in [5.41, 5.74) is -0.0526. The number of amides is 1. The second-order valence-corrected chi connectivity index (χ2v) is 10.2. The monoisotopic (exact) mass is 502 g/mol. The van der Waals surface area contributed by atoms with Crippen molar-refractivity contribution in [3.05, 3.63) is 71.4 Å². The number of ether oxygens (including phenoxy) is 2. The molecule has 1 saturated carbocycles. The van der Waals surface area contributed by atoms with E-state index < -0.39 is 39.0 Å².